The van der Waals surface area contributed by atoms with Gasteiger partial charge in [-0.25, -0.2) is 0 Å². The molecule has 82 valence electrons. The highest BCUT2D eigenvalue weighted by atomic mass is 16.5. The van der Waals surface area contributed by atoms with E-state index < -0.39 is 6.10 Å². The lowest BCUT2D eigenvalue weighted by atomic mass is 10.1. The van der Waals surface area contributed by atoms with E-state index in [0.29, 0.717) is 19.7 Å². The first-order valence-electron chi connectivity index (χ1n) is 5.32. The van der Waals surface area contributed by atoms with E-state index in [1.54, 1.807) is 4.90 Å². The van der Waals surface area contributed by atoms with Gasteiger partial charge in [0.2, 0.25) is 5.91 Å². The number of nitriles is 1. The highest BCUT2D eigenvalue weighted by molar-refractivity contribution is 5.79. The van der Waals surface area contributed by atoms with Crippen molar-refractivity contribution in [1.29, 1.82) is 5.26 Å². The maximum Gasteiger partial charge on any atom is 0.227 e. The van der Waals surface area contributed by atoms with Crippen LogP contribution in [0.5, 0.6) is 0 Å². The largest absolute Gasteiger partial charge is 0.360 e. The molecule has 1 N–H and O–H groups in total. The molecular formula is C10H15N3O2. The number of ether oxygens (including phenoxy) is 1. The van der Waals surface area contributed by atoms with Crippen molar-refractivity contribution in [2.24, 2.45) is 5.92 Å². The first kappa shape index (κ1) is 10.4. The molecule has 0 bridgehead atoms. The zero-order valence-corrected chi connectivity index (χ0v) is 8.61. The molecule has 5 nitrogen and oxygen atoms in total. The molecule has 0 aromatic carbocycles. The van der Waals surface area contributed by atoms with E-state index in [2.05, 4.69) is 5.32 Å². The highest BCUT2D eigenvalue weighted by Gasteiger charge is 2.30. The summed E-state index contributed by atoms with van der Waals surface area (Å²) in [6.07, 6.45) is 0.463. The van der Waals surface area contributed by atoms with Crippen LogP contribution in [0.3, 0.4) is 0 Å². The molecule has 15 heavy (non-hydrogen) atoms. The molecule has 0 radical (unpaired) electrons. The number of hydrogen-bond acceptors (Lipinski definition) is 4. The first-order valence-corrected chi connectivity index (χ1v) is 5.32. The van der Waals surface area contributed by atoms with Gasteiger partial charge in [-0.1, -0.05) is 0 Å². The smallest absolute Gasteiger partial charge is 0.227 e. The zero-order chi connectivity index (χ0) is 10.7. The Kier molecular flexibility index (Phi) is 3.19. The van der Waals surface area contributed by atoms with Crippen LogP contribution in [0.2, 0.25) is 0 Å². The van der Waals surface area contributed by atoms with Crippen molar-refractivity contribution in [2.75, 3.05) is 32.8 Å². The molecule has 0 aromatic rings. The number of hydrogen-bond donors (Lipinski definition) is 1. The quantitative estimate of drug-likeness (QED) is 0.623. The summed E-state index contributed by atoms with van der Waals surface area (Å²) in [6.45, 7) is 3.21. The second kappa shape index (κ2) is 4.60. The molecule has 2 heterocycles. The fourth-order valence-electron chi connectivity index (χ4n) is 2.05. The van der Waals surface area contributed by atoms with Gasteiger partial charge in [0.15, 0.2) is 6.10 Å². The number of morpholine rings is 1. The molecule has 2 unspecified atom stereocenters. The normalized spacial score (nSPS) is 31.3. The van der Waals surface area contributed by atoms with E-state index in [0.717, 1.165) is 19.5 Å². The summed E-state index contributed by atoms with van der Waals surface area (Å²) in [5, 5.41) is 11.9. The number of nitrogens with zero attached hydrogens (tertiary/aromatic N) is 2. The van der Waals surface area contributed by atoms with Crippen LogP contribution in [0, 0.1) is 17.2 Å². The van der Waals surface area contributed by atoms with Crippen LogP contribution < -0.4 is 5.32 Å². The van der Waals surface area contributed by atoms with Crippen molar-refractivity contribution in [3.63, 3.8) is 0 Å². The predicted octanol–water partition coefficient (Wildman–Crippen LogP) is -0.653. The molecule has 2 aliphatic heterocycles. The lowest BCUT2D eigenvalue weighted by Crippen LogP contribution is -2.47. The van der Waals surface area contributed by atoms with E-state index in [1.165, 1.54) is 0 Å². The Balaban J connectivity index is 1.92. The molecule has 2 saturated heterocycles. The molecular weight excluding hydrogens is 194 g/mol. The maximum atomic E-state index is 12.0. The highest BCUT2D eigenvalue weighted by Crippen LogP contribution is 2.14. The molecule has 2 rings (SSSR count). The van der Waals surface area contributed by atoms with Crippen LogP contribution in [0.4, 0.5) is 0 Å². The minimum Gasteiger partial charge on any atom is -0.360 e. The topological polar surface area (TPSA) is 65.4 Å². The summed E-state index contributed by atoms with van der Waals surface area (Å²) >= 11 is 0. The summed E-state index contributed by atoms with van der Waals surface area (Å²) in [7, 11) is 0. The van der Waals surface area contributed by atoms with Crippen LogP contribution in [0.1, 0.15) is 6.42 Å². The third kappa shape index (κ3) is 2.28. The molecule has 0 saturated carbocycles. The molecule has 0 spiro atoms. The summed E-state index contributed by atoms with van der Waals surface area (Å²) in [5.74, 6) is 0.269. The van der Waals surface area contributed by atoms with Crippen LogP contribution in [0.15, 0.2) is 0 Å². The average Bonchev–Trinajstić information content (AvgIpc) is 2.81. The third-order valence-corrected chi connectivity index (χ3v) is 2.93. The van der Waals surface area contributed by atoms with Crippen molar-refractivity contribution < 1.29 is 9.53 Å². The van der Waals surface area contributed by atoms with Gasteiger partial charge < -0.3 is 15.0 Å². The third-order valence-electron chi connectivity index (χ3n) is 2.93. The average molecular weight is 209 g/mol. The Bertz CT molecular complexity index is 281. The van der Waals surface area contributed by atoms with Crippen LogP contribution >= 0.6 is 0 Å². The lowest BCUT2D eigenvalue weighted by molar-refractivity contribution is -0.140. The standard InChI is InChI=1S/C10H15N3O2/c11-5-9-7-13(3-4-15-9)10(14)8-1-2-12-6-8/h8-9,12H,1-4,6-7H2. The fraction of sp³-hybridized carbons (Fsp3) is 0.800. The molecule has 0 aliphatic carbocycles. The lowest BCUT2D eigenvalue weighted by Gasteiger charge is -2.31. The van der Waals surface area contributed by atoms with E-state index in [4.69, 9.17) is 10.00 Å². The minimum atomic E-state index is -0.447. The van der Waals surface area contributed by atoms with Gasteiger partial charge in [0, 0.05) is 13.1 Å². The van der Waals surface area contributed by atoms with Gasteiger partial charge in [0.1, 0.15) is 0 Å². The van der Waals surface area contributed by atoms with E-state index in [-0.39, 0.29) is 11.8 Å². The molecule has 2 fully saturated rings. The Morgan fingerprint density at radius 1 is 1.60 bits per heavy atom. The monoisotopic (exact) mass is 209 g/mol. The summed E-state index contributed by atoms with van der Waals surface area (Å²) in [5.41, 5.74) is 0. The predicted molar refractivity (Wildman–Crippen MR) is 52.9 cm³/mol. The van der Waals surface area contributed by atoms with Crippen LogP contribution in [-0.4, -0.2) is 49.7 Å². The van der Waals surface area contributed by atoms with Crippen molar-refractivity contribution in [3.05, 3.63) is 0 Å². The second-order valence-electron chi connectivity index (χ2n) is 3.96. The molecule has 2 aliphatic rings. The maximum absolute atomic E-state index is 12.0. The van der Waals surface area contributed by atoms with Crippen molar-refractivity contribution in [2.45, 2.75) is 12.5 Å². The van der Waals surface area contributed by atoms with Gasteiger partial charge in [0.05, 0.1) is 25.1 Å². The van der Waals surface area contributed by atoms with Crippen molar-refractivity contribution in [1.82, 2.24) is 10.2 Å². The van der Waals surface area contributed by atoms with Gasteiger partial charge in [0.25, 0.3) is 0 Å². The number of amides is 1. The Hall–Kier alpha value is -1.12. The number of carbonyl (C=O) groups is 1. The fourth-order valence-corrected chi connectivity index (χ4v) is 2.05. The first-order chi connectivity index (χ1) is 7.31. The molecule has 0 aromatic heterocycles. The number of rotatable bonds is 1. The van der Waals surface area contributed by atoms with Gasteiger partial charge in [-0.15, -0.1) is 0 Å². The molecule has 2 atom stereocenters. The van der Waals surface area contributed by atoms with Gasteiger partial charge in [-0.3, -0.25) is 4.79 Å². The van der Waals surface area contributed by atoms with Crippen molar-refractivity contribution >= 4 is 5.91 Å². The minimum absolute atomic E-state index is 0.0995. The summed E-state index contributed by atoms with van der Waals surface area (Å²) in [6, 6.07) is 2.05. The second-order valence-corrected chi connectivity index (χ2v) is 3.96. The number of nitrogens with one attached hydrogen (secondary N) is 1. The van der Waals surface area contributed by atoms with Gasteiger partial charge in [-0.05, 0) is 13.0 Å². The van der Waals surface area contributed by atoms with E-state index >= 15 is 0 Å². The summed E-state index contributed by atoms with van der Waals surface area (Å²) < 4.78 is 5.20. The Morgan fingerprint density at radius 2 is 2.47 bits per heavy atom. The SMILES string of the molecule is N#CC1CN(C(=O)C2CCNC2)CCO1. The van der Waals surface area contributed by atoms with E-state index in [1.807, 2.05) is 6.07 Å². The summed E-state index contributed by atoms with van der Waals surface area (Å²) in [4.78, 5) is 13.7. The van der Waals surface area contributed by atoms with Crippen LogP contribution in [0.25, 0.3) is 0 Å². The number of carbonyl (C=O) groups excluding carboxylic acids is 1. The van der Waals surface area contributed by atoms with Crippen molar-refractivity contribution in [3.8, 4) is 6.07 Å². The molecule has 1 amide bonds. The van der Waals surface area contributed by atoms with Gasteiger partial charge >= 0.3 is 0 Å². The Morgan fingerprint density at radius 3 is 3.13 bits per heavy atom. The zero-order valence-electron chi connectivity index (χ0n) is 8.61. The van der Waals surface area contributed by atoms with Crippen LogP contribution in [-0.2, 0) is 9.53 Å². The van der Waals surface area contributed by atoms with Gasteiger partial charge in [-0.2, -0.15) is 5.26 Å². The Labute approximate surface area is 89.0 Å². The molecule has 5 heteroatoms. The van der Waals surface area contributed by atoms with E-state index in [9.17, 15) is 4.79 Å².